The molecule has 5 nitrogen and oxygen atoms in total. The van der Waals surface area contributed by atoms with Crippen molar-refractivity contribution in [3.63, 3.8) is 0 Å². The van der Waals surface area contributed by atoms with Gasteiger partial charge in [-0.15, -0.1) is 13.2 Å². The van der Waals surface area contributed by atoms with Crippen LogP contribution >= 0.6 is 0 Å². The monoisotopic (exact) mass is 312 g/mol. The third kappa shape index (κ3) is 4.66. The number of nitrogens with zero attached hydrogens (tertiary/aromatic N) is 1. The Labute approximate surface area is 115 Å². The van der Waals surface area contributed by atoms with Crippen molar-refractivity contribution in [2.45, 2.75) is 17.7 Å². The molecule has 1 rings (SSSR count). The van der Waals surface area contributed by atoms with Crippen molar-refractivity contribution < 1.29 is 26.3 Å². The maximum absolute atomic E-state index is 12.1. The van der Waals surface area contributed by atoms with Crippen molar-refractivity contribution >= 4 is 10.0 Å². The van der Waals surface area contributed by atoms with Crippen molar-refractivity contribution in [1.29, 1.82) is 0 Å². The SMILES string of the molecule is CN(CCCN)S(=O)(=O)c1cccc(OC(F)(F)F)c1. The van der Waals surface area contributed by atoms with Gasteiger partial charge < -0.3 is 10.5 Å². The normalized spacial score (nSPS) is 12.7. The molecule has 114 valence electrons. The van der Waals surface area contributed by atoms with E-state index in [1.54, 1.807) is 0 Å². The van der Waals surface area contributed by atoms with Crippen LogP contribution in [0, 0.1) is 0 Å². The summed E-state index contributed by atoms with van der Waals surface area (Å²) in [5.41, 5.74) is 5.29. The minimum atomic E-state index is -4.87. The summed E-state index contributed by atoms with van der Waals surface area (Å²) in [6, 6.07) is 4.26. The number of rotatable bonds is 6. The molecule has 0 bridgehead atoms. The molecule has 0 spiro atoms. The van der Waals surface area contributed by atoms with Gasteiger partial charge >= 0.3 is 6.36 Å². The predicted molar refractivity (Wildman–Crippen MR) is 66.6 cm³/mol. The van der Waals surface area contributed by atoms with Crippen molar-refractivity contribution in [3.05, 3.63) is 24.3 Å². The highest BCUT2D eigenvalue weighted by Gasteiger charge is 2.31. The van der Waals surface area contributed by atoms with E-state index in [0.717, 1.165) is 16.4 Å². The highest BCUT2D eigenvalue weighted by atomic mass is 32.2. The summed E-state index contributed by atoms with van der Waals surface area (Å²) in [5, 5.41) is 0. The number of sulfonamides is 1. The largest absolute Gasteiger partial charge is 0.573 e. The van der Waals surface area contributed by atoms with Crippen LogP contribution in [0.3, 0.4) is 0 Å². The van der Waals surface area contributed by atoms with Crippen LogP contribution in [0.4, 0.5) is 13.2 Å². The summed E-state index contributed by atoms with van der Waals surface area (Å²) in [5.74, 6) is -0.578. The molecule has 20 heavy (non-hydrogen) atoms. The van der Waals surface area contributed by atoms with Gasteiger partial charge in [0, 0.05) is 19.7 Å². The fourth-order valence-electron chi connectivity index (χ4n) is 1.45. The molecule has 0 radical (unpaired) electrons. The smallest absolute Gasteiger partial charge is 0.406 e. The van der Waals surface area contributed by atoms with Crippen LogP contribution in [0.15, 0.2) is 29.2 Å². The van der Waals surface area contributed by atoms with Crippen molar-refractivity contribution in [2.24, 2.45) is 5.73 Å². The molecule has 0 fully saturated rings. The van der Waals surface area contributed by atoms with Gasteiger partial charge in [-0.3, -0.25) is 0 Å². The Morgan fingerprint density at radius 1 is 1.35 bits per heavy atom. The van der Waals surface area contributed by atoms with Crippen LogP contribution in [0.25, 0.3) is 0 Å². The lowest BCUT2D eigenvalue weighted by atomic mass is 10.3. The number of hydrogen-bond acceptors (Lipinski definition) is 4. The van der Waals surface area contributed by atoms with Crippen LogP contribution in [0.1, 0.15) is 6.42 Å². The summed E-state index contributed by atoms with van der Waals surface area (Å²) < 4.78 is 65.2. The van der Waals surface area contributed by atoms with Crippen molar-refractivity contribution in [3.8, 4) is 5.75 Å². The second kappa shape index (κ2) is 6.42. The molecule has 0 amide bonds. The summed E-state index contributed by atoms with van der Waals surface area (Å²) in [6.07, 6.45) is -4.41. The second-order valence-electron chi connectivity index (χ2n) is 3.99. The predicted octanol–water partition coefficient (Wildman–Crippen LogP) is 1.55. The Morgan fingerprint density at radius 3 is 2.55 bits per heavy atom. The third-order valence-corrected chi connectivity index (χ3v) is 4.28. The first-order valence-corrected chi connectivity index (χ1v) is 7.13. The second-order valence-corrected chi connectivity index (χ2v) is 6.04. The number of alkyl halides is 3. The quantitative estimate of drug-likeness (QED) is 0.865. The number of ether oxygens (including phenoxy) is 1. The van der Waals surface area contributed by atoms with E-state index in [1.165, 1.54) is 19.2 Å². The first-order chi connectivity index (χ1) is 9.16. The fourth-order valence-corrected chi connectivity index (χ4v) is 2.69. The van der Waals surface area contributed by atoms with E-state index < -0.39 is 22.1 Å². The Balaban J connectivity index is 2.98. The summed E-state index contributed by atoms with van der Waals surface area (Å²) >= 11 is 0. The molecule has 0 atom stereocenters. The molecule has 0 saturated carbocycles. The van der Waals surface area contributed by atoms with Gasteiger partial charge in [-0.2, -0.15) is 0 Å². The zero-order valence-corrected chi connectivity index (χ0v) is 11.5. The summed E-state index contributed by atoms with van der Waals surface area (Å²) in [4.78, 5) is -0.265. The molecule has 0 unspecified atom stereocenters. The lowest BCUT2D eigenvalue weighted by Gasteiger charge is -2.17. The molecule has 1 aromatic carbocycles. The summed E-state index contributed by atoms with van der Waals surface area (Å²) in [6.45, 7) is 0.500. The Morgan fingerprint density at radius 2 is 2.00 bits per heavy atom. The molecule has 9 heteroatoms. The maximum atomic E-state index is 12.1. The van der Waals surface area contributed by atoms with Crippen LogP contribution in [-0.4, -0.2) is 39.2 Å². The Kier molecular flexibility index (Phi) is 5.37. The van der Waals surface area contributed by atoms with Gasteiger partial charge in [0.25, 0.3) is 0 Å². The fraction of sp³-hybridized carbons (Fsp3) is 0.455. The first-order valence-electron chi connectivity index (χ1n) is 5.69. The lowest BCUT2D eigenvalue weighted by molar-refractivity contribution is -0.274. The average molecular weight is 312 g/mol. The van der Waals surface area contributed by atoms with Gasteiger partial charge in [0.1, 0.15) is 5.75 Å². The molecule has 0 heterocycles. The van der Waals surface area contributed by atoms with Gasteiger partial charge in [0.15, 0.2) is 0 Å². The zero-order valence-electron chi connectivity index (χ0n) is 10.7. The van der Waals surface area contributed by atoms with Crippen molar-refractivity contribution in [1.82, 2.24) is 4.31 Å². The minimum Gasteiger partial charge on any atom is -0.406 e. The van der Waals surface area contributed by atoms with Gasteiger partial charge in [0.2, 0.25) is 10.0 Å². The molecule has 0 aliphatic carbocycles. The van der Waals surface area contributed by atoms with E-state index in [4.69, 9.17) is 5.73 Å². The minimum absolute atomic E-state index is 0.184. The van der Waals surface area contributed by atoms with Crippen molar-refractivity contribution in [2.75, 3.05) is 20.1 Å². The highest BCUT2D eigenvalue weighted by molar-refractivity contribution is 7.89. The molecule has 1 aromatic rings. The van der Waals surface area contributed by atoms with Gasteiger partial charge in [-0.1, -0.05) is 6.07 Å². The standard InChI is InChI=1S/C11H15F3N2O3S/c1-16(7-3-6-15)20(17,18)10-5-2-4-9(8-10)19-11(12,13)14/h2,4-5,8H,3,6-7,15H2,1H3. The van der Waals surface area contributed by atoms with E-state index >= 15 is 0 Å². The van der Waals surface area contributed by atoms with E-state index in [-0.39, 0.29) is 11.4 Å². The van der Waals surface area contributed by atoms with Gasteiger partial charge in [-0.05, 0) is 25.1 Å². The third-order valence-electron chi connectivity index (χ3n) is 2.42. The summed E-state index contributed by atoms with van der Waals surface area (Å²) in [7, 11) is -2.52. The van der Waals surface area contributed by atoms with Gasteiger partial charge in [0.05, 0.1) is 4.90 Å². The first kappa shape index (κ1) is 16.7. The number of nitrogens with two attached hydrogens (primary N) is 1. The molecule has 0 saturated heterocycles. The zero-order chi connectivity index (χ0) is 15.4. The lowest BCUT2D eigenvalue weighted by Crippen LogP contribution is -2.29. The van der Waals surface area contributed by atoms with E-state index in [0.29, 0.717) is 13.0 Å². The average Bonchev–Trinajstić information content (AvgIpc) is 2.34. The molecule has 0 aliphatic heterocycles. The number of halogens is 3. The van der Waals surface area contributed by atoms with Crippen LogP contribution in [0.2, 0.25) is 0 Å². The maximum Gasteiger partial charge on any atom is 0.573 e. The Hall–Kier alpha value is -1.32. The van der Waals surface area contributed by atoms with Crippen LogP contribution in [0.5, 0.6) is 5.75 Å². The van der Waals surface area contributed by atoms with Crippen LogP contribution in [-0.2, 0) is 10.0 Å². The van der Waals surface area contributed by atoms with E-state index in [9.17, 15) is 21.6 Å². The molecule has 2 N–H and O–H groups in total. The number of benzene rings is 1. The Bertz CT molecular complexity index is 546. The van der Waals surface area contributed by atoms with E-state index in [2.05, 4.69) is 4.74 Å². The molecular weight excluding hydrogens is 297 g/mol. The molecule has 0 aromatic heterocycles. The number of hydrogen-bond donors (Lipinski definition) is 1. The van der Waals surface area contributed by atoms with Gasteiger partial charge in [-0.25, -0.2) is 12.7 Å². The molecular formula is C11H15F3N2O3S. The molecule has 0 aliphatic rings. The van der Waals surface area contributed by atoms with Crippen LogP contribution < -0.4 is 10.5 Å². The topological polar surface area (TPSA) is 72.6 Å². The highest BCUT2D eigenvalue weighted by Crippen LogP contribution is 2.25. The van der Waals surface area contributed by atoms with E-state index in [1.807, 2.05) is 0 Å².